The van der Waals surface area contributed by atoms with Gasteiger partial charge >= 0.3 is 11.9 Å². The van der Waals surface area contributed by atoms with Crippen LogP contribution in [-0.4, -0.2) is 68.2 Å². The summed E-state index contributed by atoms with van der Waals surface area (Å²) in [5, 5.41) is 51.6. The van der Waals surface area contributed by atoms with E-state index < -0.39 is 42.6 Å². The van der Waals surface area contributed by atoms with Crippen LogP contribution in [0.2, 0.25) is 5.02 Å². The van der Waals surface area contributed by atoms with Gasteiger partial charge in [0.05, 0.1) is 16.3 Å². The van der Waals surface area contributed by atoms with Gasteiger partial charge in [-0.3, -0.25) is 0 Å². The number of benzene rings is 2. The van der Waals surface area contributed by atoms with Gasteiger partial charge in [-0.1, -0.05) is 23.7 Å². The van der Waals surface area contributed by atoms with Crippen LogP contribution in [0, 0.1) is 6.92 Å². The van der Waals surface area contributed by atoms with Crippen LogP contribution in [-0.2, 0) is 14.3 Å². The van der Waals surface area contributed by atoms with Gasteiger partial charge in [0.2, 0.25) is 6.29 Å². The molecule has 2 aromatic carbocycles. The number of phenols is 1. The molecule has 0 bridgehead atoms. The second-order valence-corrected chi connectivity index (χ2v) is 7.26. The van der Waals surface area contributed by atoms with Crippen molar-refractivity contribution in [1.82, 2.24) is 0 Å². The summed E-state index contributed by atoms with van der Waals surface area (Å²) >= 11 is 6.04. The lowest BCUT2D eigenvalue weighted by Crippen LogP contribution is -2.60. The fourth-order valence-electron chi connectivity index (χ4n) is 3.04. The molecule has 10 nitrogen and oxygen atoms in total. The third-order valence-corrected chi connectivity index (χ3v) is 5.30. The molecule has 5 atom stereocenters. The molecule has 1 heterocycles. The van der Waals surface area contributed by atoms with Crippen LogP contribution >= 0.6 is 11.6 Å². The van der Waals surface area contributed by atoms with Crippen molar-refractivity contribution < 1.29 is 44.6 Å². The number of ether oxygens (including phenoxy) is 2. The highest BCUT2D eigenvalue weighted by atomic mass is 35.5. The highest BCUT2D eigenvalue weighted by Crippen LogP contribution is 2.34. The number of carboxylic acids is 1. The molecule has 1 aliphatic rings. The minimum Gasteiger partial charge on any atom is -0.506 e. The summed E-state index contributed by atoms with van der Waals surface area (Å²) in [4.78, 5) is 23.9. The number of carboxylic acid groups (broad SMARTS) is 1. The Hall–Kier alpha value is -2.89. The Bertz CT molecular complexity index is 999. The van der Waals surface area contributed by atoms with Gasteiger partial charge in [0, 0.05) is 5.69 Å². The summed E-state index contributed by atoms with van der Waals surface area (Å²) in [5.41, 5.74) is 1.33. The number of nitrogens with one attached hydrogen (secondary N) is 1. The molecular weight excluding hydrogens is 434 g/mol. The molecule has 0 amide bonds. The number of hydrogen-bond acceptors (Lipinski definition) is 9. The van der Waals surface area contributed by atoms with E-state index in [1.165, 1.54) is 12.1 Å². The van der Waals surface area contributed by atoms with Crippen molar-refractivity contribution in [3.05, 3.63) is 52.5 Å². The third-order valence-electron chi connectivity index (χ3n) is 4.82. The number of aliphatic carboxylic acids is 1. The van der Waals surface area contributed by atoms with E-state index in [0.29, 0.717) is 11.3 Å². The van der Waals surface area contributed by atoms with Crippen molar-refractivity contribution in [1.29, 1.82) is 0 Å². The van der Waals surface area contributed by atoms with Gasteiger partial charge in [-0.15, -0.1) is 0 Å². The molecule has 166 valence electrons. The molecule has 2 aromatic rings. The average Bonchev–Trinajstić information content (AvgIpc) is 2.74. The number of aliphatic hydroxyl groups excluding tert-OH is 3. The topological polar surface area (TPSA) is 166 Å². The molecule has 11 heteroatoms. The van der Waals surface area contributed by atoms with Crippen molar-refractivity contribution >= 4 is 34.9 Å². The highest BCUT2D eigenvalue weighted by Gasteiger charge is 2.48. The smallest absolute Gasteiger partial charge is 0.342 e. The van der Waals surface area contributed by atoms with E-state index in [2.05, 4.69) is 5.32 Å². The van der Waals surface area contributed by atoms with E-state index in [0.717, 1.165) is 0 Å². The van der Waals surface area contributed by atoms with Crippen LogP contribution in [0.25, 0.3) is 0 Å². The number of phenolic OH excluding ortho intramolecular Hbond substituents is 1. The second-order valence-electron chi connectivity index (χ2n) is 6.88. The quantitative estimate of drug-likeness (QED) is 0.285. The van der Waals surface area contributed by atoms with E-state index >= 15 is 0 Å². The van der Waals surface area contributed by atoms with Gasteiger partial charge in [0.1, 0.15) is 24.1 Å². The summed E-state index contributed by atoms with van der Waals surface area (Å²) < 4.78 is 10.1. The number of esters is 1. The van der Waals surface area contributed by atoms with Crippen molar-refractivity contribution in [2.24, 2.45) is 0 Å². The van der Waals surface area contributed by atoms with Crippen molar-refractivity contribution in [2.45, 2.75) is 37.6 Å². The number of carbonyl (C=O) groups is 2. The van der Waals surface area contributed by atoms with Crippen LogP contribution in [0.15, 0.2) is 36.4 Å². The molecule has 1 saturated heterocycles. The number of carbonyl (C=O) groups excluding carboxylic acids is 1. The third kappa shape index (κ3) is 4.58. The average molecular weight is 454 g/mol. The minimum absolute atomic E-state index is 0.00869. The molecule has 1 aliphatic heterocycles. The van der Waals surface area contributed by atoms with Crippen molar-refractivity contribution in [2.75, 3.05) is 5.32 Å². The summed E-state index contributed by atoms with van der Waals surface area (Å²) in [6.07, 6.45) is -9.40. The molecule has 0 saturated carbocycles. The Labute approximate surface area is 181 Å². The molecule has 31 heavy (non-hydrogen) atoms. The Balaban J connectivity index is 1.83. The van der Waals surface area contributed by atoms with Gasteiger partial charge in [-0.05, 0) is 36.8 Å². The Morgan fingerprint density at radius 1 is 1.03 bits per heavy atom. The molecule has 0 radical (unpaired) electrons. The Morgan fingerprint density at radius 3 is 2.39 bits per heavy atom. The fraction of sp³-hybridized carbons (Fsp3) is 0.300. The van der Waals surface area contributed by atoms with Gasteiger partial charge in [-0.2, -0.15) is 0 Å². The molecule has 3 rings (SSSR count). The molecular formula is C20H20ClNO9. The summed E-state index contributed by atoms with van der Waals surface area (Å²) in [6, 6.07) is 9.11. The number of halogens is 1. The Morgan fingerprint density at radius 2 is 1.71 bits per heavy atom. The van der Waals surface area contributed by atoms with Crippen molar-refractivity contribution in [3.63, 3.8) is 0 Å². The fourth-order valence-corrected chi connectivity index (χ4v) is 3.20. The molecule has 1 fully saturated rings. The van der Waals surface area contributed by atoms with Gasteiger partial charge in [0.15, 0.2) is 6.10 Å². The number of anilines is 2. The summed E-state index contributed by atoms with van der Waals surface area (Å²) in [5.74, 6) is -2.68. The molecule has 0 aromatic heterocycles. The first-order valence-electron chi connectivity index (χ1n) is 9.09. The predicted octanol–water partition coefficient (Wildman–Crippen LogP) is 1.15. The number of hydrogen-bond donors (Lipinski definition) is 6. The highest BCUT2D eigenvalue weighted by molar-refractivity contribution is 6.33. The van der Waals surface area contributed by atoms with E-state index in [1.807, 2.05) is 0 Å². The maximum absolute atomic E-state index is 12.7. The molecule has 0 unspecified atom stereocenters. The zero-order valence-electron chi connectivity index (χ0n) is 16.1. The number of rotatable bonds is 5. The predicted molar refractivity (Wildman–Crippen MR) is 107 cm³/mol. The van der Waals surface area contributed by atoms with E-state index in [-0.39, 0.29) is 22.0 Å². The number of aliphatic hydroxyl groups is 3. The lowest BCUT2D eigenvalue weighted by Gasteiger charge is -2.38. The standard InChI is InChI=1S/C20H20ClNO9/c1-8-10(6-7-12(23)13(8)21)22-11-5-3-2-4-9(11)19(29)31-20-16(26)14(24)15(25)17(30-20)18(27)28/h2-7,14-17,20,22-26H,1H3,(H,27,28)/t14-,15-,16+,17-,20-/m0/s1. The zero-order valence-corrected chi connectivity index (χ0v) is 16.9. The molecule has 0 spiro atoms. The van der Waals surface area contributed by atoms with E-state index in [4.69, 9.17) is 26.2 Å². The Kier molecular flexibility index (Phi) is 6.68. The first-order valence-corrected chi connectivity index (χ1v) is 9.47. The number of aromatic hydroxyl groups is 1. The van der Waals surface area contributed by atoms with Crippen LogP contribution in [0.4, 0.5) is 11.4 Å². The minimum atomic E-state index is -1.90. The number of para-hydroxylation sites is 1. The lowest BCUT2D eigenvalue weighted by atomic mass is 9.99. The van der Waals surface area contributed by atoms with E-state index in [9.17, 15) is 30.0 Å². The second kappa shape index (κ2) is 9.08. The maximum Gasteiger partial charge on any atom is 0.342 e. The normalized spacial score (nSPS) is 25.6. The summed E-state index contributed by atoms with van der Waals surface area (Å²) in [7, 11) is 0. The van der Waals surface area contributed by atoms with Gasteiger partial charge < -0.3 is 40.3 Å². The maximum atomic E-state index is 12.7. The zero-order chi connectivity index (χ0) is 22.9. The monoisotopic (exact) mass is 453 g/mol. The largest absolute Gasteiger partial charge is 0.506 e. The van der Waals surface area contributed by atoms with Crippen LogP contribution in [0.5, 0.6) is 5.75 Å². The van der Waals surface area contributed by atoms with Crippen LogP contribution in [0.3, 0.4) is 0 Å². The summed E-state index contributed by atoms with van der Waals surface area (Å²) in [6.45, 7) is 1.66. The first kappa shape index (κ1) is 22.8. The van der Waals surface area contributed by atoms with Gasteiger partial charge in [-0.25, -0.2) is 9.59 Å². The lowest BCUT2D eigenvalue weighted by molar-refractivity contribution is -0.278. The SMILES string of the molecule is Cc1c(Nc2ccccc2C(=O)O[C@@H]2O[C@H](C(=O)O)[C@@H](O)[C@H](O)[C@H]2O)ccc(O)c1Cl. The van der Waals surface area contributed by atoms with Crippen LogP contribution in [0.1, 0.15) is 15.9 Å². The van der Waals surface area contributed by atoms with Crippen LogP contribution < -0.4 is 5.32 Å². The molecule has 6 N–H and O–H groups in total. The van der Waals surface area contributed by atoms with E-state index in [1.54, 1.807) is 31.2 Å². The van der Waals surface area contributed by atoms with Crippen molar-refractivity contribution in [3.8, 4) is 5.75 Å². The van der Waals surface area contributed by atoms with Gasteiger partial charge in [0.25, 0.3) is 0 Å². The molecule has 0 aliphatic carbocycles. The first-order chi connectivity index (χ1) is 14.6.